The second-order valence-electron chi connectivity index (χ2n) is 6.75. The van der Waals surface area contributed by atoms with Gasteiger partial charge in [0.25, 0.3) is 5.91 Å². The number of nitrogens with zero attached hydrogens (tertiary/aromatic N) is 1. The molecule has 2 aromatic rings. The van der Waals surface area contributed by atoms with Crippen LogP contribution in [0.2, 0.25) is 0 Å². The first-order valence-electron chi connectivity index (χ1n) is 8.13. The summed E-state index contributed by atoms with van der Waals surface area (Å²) >= 11 is 1.63. The van der Waals surface area contributed by atoms with Gasteiger partial charge in [0, 0.05) is 34.0 Å². The lowest BCUT2D eigenvalue weighted by atomic mass is 9.76. The molecule has 0 bridgehead atoms. The highest BCUT2D eigenvalue weighted by Gasteiger charge is 2.45. The lowest BCUT2D eigenvalue weighted by Crippen LogP contribution is -2.49. The number of likely N-dealkylation sites (tertiary alicyclic amines) is 1. The highest BCUT2D eigenvalue weighted by atomic mass is 32.1. The highest BCUT2D eigenvalue weighted by Crippen LogP contribution is 2.45. The summed E-state index contributed by atoms with van der Waals surface area (Å²) in [6, 6.07) is 8.10. The molecule has 1 N–H and O–H groups in total. The fourth-order valence-corrected chi connectivity index (χ4v) is 5.18. The van der Waals surface area contributed by atoms with Gasteiger partial charge in [0.05, 0.1) is 11.7 Å². The van der Waals surface area contributed by atoms with E-state index in [1.165, 1.54) is 4.70 Å². The molecule has 0 unspecified atom stereocenters. The Hall–Kier alpha value is -1.39. The van der Waals surface area contributed by atoms with Crippen LogP contribution >= 0.6 is 11.3 Å². The van der Waals surface area contributed by atoms with Crippen LogP contribution in [0.4, 0.5) is 0 Å². The minimum atomic E-state index is -0.234. The number of thiophene rings is 1. The number of hydrogen-bond acceptors (Lipinski definition) is 3. The third-order valence-corrected chi connectivity index (χ3v) is 6.43. The van der Waals surface area contributed by atoms with E-state index in [-0.39, 0.29) is 17.4 Å². The summed E-state index contributed by atoms with van der Waals surface area (Å²) in [6.45, 7) is 1.54. The second kappa shape index (κ2) is 5.36. The lowest BCUT2D eigenvalue weighted by Gasteiger charge is -2.42. The number of aliphatic hydroxyl groups is 1. The topological polar surface area (TPSA) is 40.5 Å². The van der Waals surface area contributed by atoms with E-state index in [0.717, 1.165) is 56.1 Å². The molecule has 1 amide bonds. The molecule has 4 rings (SSSR count). The highest BCUT2D eigenvalue weighted by molar-refractivity contribution is 7.17. The van der Waals surface area contributed by atoms with Gasteiger partial charge in [-0.05, 0) is 31.7 Å². The van der Waals surface area contributed by atoms with Crippen LogP contribution in [-0.2, 0) is 0 Å². The monoisotopic (exact) mass is 315 g/mol. The number of fused-ring (bicyclic) bond motifs is 1. The third kappa shape index (κ3) is 2.17. The summed E-state index contributed by atoms with van der Waals surface area (Å²) in [4.78, 5) is 15.0. The largest absolute Gasteiger partial charge is 0.392 e. The van der Waals surface area contributed by atoms with Gasteiger partial charge in [-0.25, -0.2) is 0 Å². The predicted molar refractivity (Wildman–Crippen MR) is 89.3 cm³/mol. The first kappa shape index (κ1) is 14.2. The Labute approximate surface area is 134 Å². The van der Waals surface area contributed by atoms with E-state index >= 15 is 0 Å². The molecule has 1 saturated carbocycles. The van der Waals surface area contributed by atoms with E-state index < -0.39 is 0 Å². The van der Waals surface area contributed by atoms with E-state index in [9.17, 15) is 9.90 Å². The smallest absolute Gasteiger partial charge is 0.255 e. The van der Waals surface area contributed by atoms with Gasteiger partial charge in [-0.3, -0.25) is 4.79 Å². The molecular formula is C18H21NO2S. The number of aliphatic hydroxyl groups excluding tert-OH is 1. The fourth-order valence-electron chi connectivity index (χ4n) is 4.24. The molecule has 1 aromatic carbocycles. The average Bonchev–Trinajstić information content (AvgIpc) is 3.12. The minimum Gasteiger partial charge on any atom is -0.392 e. The SMILES string of the molecule is O=C(c1csc2ccccc12)N1CCC[C@@]2(CCC[C@H]2O)C1. The van der Waals surface area contributed by atoms with Gasteiger partial charge >= 0.3 is 0 Å². The zero-order valence-corrected chi connectivity index (χ0v) is 13.4. The number of carbonyl (C=O) groups is 1. The van der Waals surface area contributed by atoms with Crippen LogP contribution < -0.4 is 0 Å². The molecule has 1 aromatic heterocycles. The van der Waals surface area contributed by atoms with Crippen molar-refractivity contribution in [3.05, 3.63) is 35.2 Å². The zero-order chi connectivity index (χ0) is 15.2. The van der Waals surface area contributed by atoms with Gasteiger partial charge in [-0.2, -0.15) is 0 Å². The van der Waals surface area contributed by atoms with Crippen LogP contribution in [0.25, 0.3) is 10.1 Å². The van der Waals surface area contributed by atoms with Gasteiger partial charge in [0.15, 0.2) is 0 Å². The van der Waals surface area contributed by atoms with Gasteiger partial charge in [0.1, 0.15) is 0 Å². The molecule has 1 aliphatic carbocycles. The van der Waals surface area contributed by atoms with E-state index in [4.69, 9.17) is 0 Å². The molecule has 2 heterocycles. The van der Waals surface area contributed by atoms with E-state index in [1.807, 2.05) is 28.5 Å². The number of hydrogen-bond donors (Lipinski definition) is 1. The van der Waals surface area contributed by atoms with Crippen molar-refractivity contribution >= 4 is 27.3 Å². The van der Waals surface area contributed by atoms with Crippen molar-refractivity contribution in [2.45, 2.75) is 38.2 Å². The number of amides is 1. The van der Waals surface area contributed by atoms with Crippen LogP contribution in [0.15, 0.2) is 29.6 Å². The summed E-state index contributed by atoms with van der Waals surface area (Å²) in [5, 5.41) is 13.4. The maximum absolute atomic E-state index is 13.0. The lowest BCUT2D eigenvalue weighted by molar-refractivity contribution is -0.00527. The van der Waals surface area contributed by atoms with Crippen molar-refractivity contribution in [1.82, 2.24) is 4.90 Å². The predicted octanol–water partition coefficient (Wildman–Crippen LogP) is 3.67. The third-order valence-electron chi connectivity index (χ3n) is 5.47. The standard InChI is InChI=1S/C18H21NO2S/c20-16-7-3-8-18(16)9-4-10-19(12-18)17(21)14-11-22-15-6-2-1-5-13(14)15/h1-2,5-6,11,16,20H,3-4,7-10,12H2/t16-,18+/m1/s1. The molecule has 3 nitrogen and oxygen atoms in total. The van der Waals surface area contributed by atoms with E-state index in [0.29, 0.717) is 0 Å². The van der Waals surface area contributed by atoms with Crippen LogP contribution in [0, 0.1) is 5.41 Å². The quantitative estimate of drug-likeness (QED) is 0.872. The molecular weight excluding hydrogens is 294 g/mol. The fraction of sp³-hybridized carbons (Fsp3) is 0.500. The Bertz CT molecular complexity index is 710. The van der Waals surface area contributed by atoms with E-state index in [1.54, 1.807) is 11.3 Å². The van der Waals surface area contributed by atoms with Crippen molar-refractivity contribution in [1.29, 1.82) is 0 Å². The first-order valence-corrected chi connectivity index (χ1v) is 9.01. The molecule has 1 spiro atoms. The Morgan fingerprint density at radius 2 is 2.09 bits per heavy atom. The Kier molecular flexibility index (Phi) is 3.46. The maximum Gasteiger partial charge on any atom is 0.255 e. The van der Waals surface area contributed by atoms with Crippen molar-refractivity contribution in [3.8, 4) is 0 Å². The molecule has 2 fully saturated rings. The Balaban J connectivity index is 1.62. The molecule has 4 heteroatoms. The number of rotatable bonds is 1. The number of carbonyl (C=O) groups excluding carboxylic acids is 1. The molecule has 0 radical (unpaired) electrons. The maximum atomic E-state index is 13.0. The van der Waals surface area contributed by atoms with Crippen LogP contribution in [-0.4, -0.2) is 35.1 Å². The van der Waals surface area contributed by atoms with Gasteiger partial charge in [-0.15, -0.1) is 11.3 Å². The van der Waals surface area contributed by atoms with Gasteiger partial charge < -0.3 is 10.0 Å². The normalized spacial score (nSPS) is 28.6. The summed E-state index contributed by atoms with van der Waals surface area (Å²) in [6.07, 6.45) is 4.87. The van der Waals surface area contributed by atoms with E-state index in [2.05, 4.69) is 6.07 Å². The summed E-state index contributed by atoms with van der Waals surface area (Å²) in [7, 11) is 0. The van der Waals surface area contributed by atoms with Crippen LogP contribution in [0.3, 0.4) is 0 Å². The second-order valence-corrected chi connectivity index (χ2v) is 7.66. The average molecular weight is 315 g/mol. The first-order chi connectivity index (χ1) is 10.7. The number of benzene rings is 1. The van der Waals surface area contributed by atoms with Crippen molar-refractivity contribution in [2.75, 3.05) is 13.1 Å². The van der Waals surface area contributed by atoms with Crippen molar-refractivity contribution < 1.29 is 9.90 Å². The molecule has 2 atom stereocenters. The van der Waals surface area contributed by atoms with Gasteiger partial charge in [-0.1, -0.05) is 24.6 Å². The summed E-state index contributed by atoms with van der Waals surface area (Å²) in [5.74, 6) is 0.135. The molecule has 1 saturated heterocycles. The Morgan fingerprint density at radius 1 is 1.27 bits per heavy atom. The molecule has 22 heavy (non-hydrogen) atoms. The molecule has 116 valence electrons. The van der Waals surface area contributed by atoms with Crippen LogP contribution in [0.1, 0.15) is 42.5 Å². The summed E-state index contributed by atoms with van der Waals surface area (Å²) in [5.41, 5.74) is 0.782. The van der Waals surface area contributed by atoms with Gasteiger partial charge in [0.2, 0.25) is 0 Å². The molecule has 1 aliphatic heterocycles. The summed E-state index contributed by atoms with van der Waals surface area (Å²) < 4.78 is 1.17. The molecule has 2 aliphatic rings. The van der Waals surface area contributed by atoms with Crippen molar-refractivity contribution in [3.63, 3.8) is 0 Å². The zero-order valence-electron chi connectivity index (χ0n) is 12.6. The van der Waals surface area contributed by atoms with Crippen LogP contribution in [0.5, 0.6) is 0 Å². The minimum absolute atomic E-state index is 0.0419. The Morgan fingerprint density at radius 3 is 2.91 bits per heavy atom. The number of piperidine rings is 1. The van der Waals surface area contributed by atoms with Crippen molar-refractivity contribution in [2.24, 2.45) is 5.41 Å².